The lowest BCUT2D eigenvalue weighted by Gasteiger charge is -2.16. The number of hydrogen-bond donors (Lipinski definition) is 1. The first kappa shape index (κ1) is 14.8. The normalized spacial score (nSPS) is 10.4. The Morgan fingerprint density at radius 2 is 1.89 bits per heavy atom. The van der Waals surface area contributed by atoms with Crippen molar-refractivity contribution in [3.05, 3.63) is 23.8 Å². The number of nitrogens with one attached hydrogen (secondary N) is 1. The summed E-state index contributed by atoms with van der Waals surface area (Å²) in [5.41, 5.74) is 1.09. The molecule has 1 aromatic rings. The average Bonchev–Trinajstić information content (AvgIpc) is 2.39. The van der Waals surface area contributed by atoms with Crippen LogP contribution in [-0.4, -0.2) is 26.6 Å². The van der Waals surface area contributed by atoms with Crippen molar-refractivity contribution in [1.82, 2.24) is 5.32 Å². The van der Waals surface area contributed by atoms with Gasteiger partial charge in [-0.05, 0) is 26.5 Å². The van der Waals surface area contributed by atoms with Crippen LogP contribution >= 0.6 is 0 Å². The van der Waals surface area contributed by atoms with Gasteiger partial charge in [-0.15, -0.1) is 0 Å². The second-order valence-electron chi connectivity index (χ2n) is 3.71. The van der Waals surface area contributed by atoms with Gasteiger partial charge in [-0.2, -0.15) is 0 Å². The molecule has 1 rings (SSSR count). The summed E-state index contributed by atoms with van der Waals surface area (Å²) in [6, 6.07) is 5.93. The zero-order valence-electron chi connectivity index (χ0n) is 11.5. The van der Waals surface area contributed by atoms with Gasteiger partial charge in [0, 0.05) is 18.7 Å². The van der Waals surface area contributed by atoms with Crippen LogP contribution in [0.4, 0.5) is 0 Å². The maximum absolute atomic E-state index is 5.67. The van der Waals surface area contributed by atoms with Crippen LogP contribution in [0.1, 0.15) is 26.3 Å². The van der Waals surface area contributed by atoms with Crippen molar-refractivity contribution >= 4 is 0 Å². The van der Waals surface area contributed by atoms with Crippen molar-refractivity contribution in [2.45, 2.75) is 27.3 Å². The van der Waals surface area contributed by atoms with E-state index in [9.17, 15) is 0 Å². The van der Waals surface area contributed by atoms with Crippen LogP contribution in [0.25, 0.3) is 0 Å². The van der Waals surface area contributed by atoms with Gasteiger partial charge in [0.2, 0.25) is 0 Å². The molecule has 1 N–H and O–H groups in total. The third kappa shape index (κ3) is 4.55. The van der Waals surface area contributed by atoms with Crippen molar-refractivity contribution < 1.29 is 14.2 Å². The first-order valence-corrected chi connectivity index (χ1v) is 6.49. The molecule has 0 saturated carbocycles. The standard InChI is InChI=1S/C14H23NO3/c1-4-15-10-12-8-7-9-13(17-6-3)14(12)18-11-16-5-2/h7-9,15H,4-6,10-11H2,1-3H3. The maximum Gasteiger partial charge on any atom is 0.189 e. The third-order valence-electron chi connectivity index (χ3n) is 2.42. The molecule has 0 atom stereocenters. The summed E-state index contributed by atoms with van der Waals surface area (Å²) in [6.45, 7) is 9.17. The SMILES string of the molecule is CCNCc1cccc(OCC)c1OCOCC. The van der Waals surface area contributed by atoms with E-state index in [4.69, 9.17) is 14.2 Å². The Balaban J connectivity index is 2.81. The predicted octanol–water partition coefficient (Wildman–Crippen LogP) is 2.57. The molecule has 0 aromatic heterocycles. The second-order valence-corrected chi connectivity index (χ2v) is 3.71. The fourth-order valence-corrected chi connectivity index (χ4v) is 1.58. The van der Waals surface area contributed by atoms with E-state index >= 15 is 0 Å². The van der Waals surface area contributed by atoms with Gasteiger partial charge in [0.05, 0.1) is 6.61 Å². The van der Waals surface area contributed by atoms with E-state index in [0.29, 0.717) is 13.2 Å². The zero-order valence-corrected chi connectivity index (χ0v) is 11.5. The average molecular weight is 253 g/mol. The van der Waals surface area contributed by atoms with Gasteiger partial charge in [0.15, 0.2) is 18.3 Å². The molecule has 0 bridgehead atoms. The quantitative estimate of drug-likeness (QED) is 0.542. The first-order chi connectivity index (χ1) is 8.83. The van der Waals surface area contributed by atoms with Crippen LogP contribution in [-0.2, 0) is 11.3 Å². The fraction of sp³-hybridized carbons (Fsp3) is 0.571. The van der Waals surface area contributed by atoms with Gasteiger partial charge in [-0.25, -0.2) is 0 Å². The van der Waals surface area contributed by atoms with Crippen LogP contribution in [0.3, 0.4) is 0 Å². The highest BCUT2D eigenvalue weighted by Gasteiger charge is 2.10. The Morgan fingerprint density at radius 3 is 2.56 bits per heavy atom. The number of para-hydroxylation sites is 1. The van der Waals surface area contributed by atoms with Crippen molar-refractivity contribution in [1.29, 1.82) is 0 Å². The van der Waals surface area contributed by atoms with Crippen LogP contribution in [0.5, 0.6) is 11.5 Å². The largest absolute Gasteiger partial charge is 0.490 e. The number of ether oxygens (including phenoxy) is 3. The molecule has 0 spiro atoms. The summed E-state index contributed by atoms with van der Waals surface area (Å²) in [4.78, 5) is 0. The molecule has 0 aliphatic carbocycles. The highest BCUT2D eigenvalue weighted by Crippen LogP contribution is 2.31. The van der Waals surface area contributed by atoms with Gasteiger partial charge in [-0.1, -0.05) is 19.1 Å². The second kappa shape index (κ2) is 8.78. The molecular formula is C14H23NO3. The molecule has 0 unspecified atom stereocenters. The van der Waals surface area contributed by atoms with E-state index in [2.05, 4.69) is 12.2 Å². The minimum absolute atomic E-state index is 0.250. The lowest BCUT2D eigenvalue weighted by atomic mass is 10.2. The maximum atomic E-state index is 5.67. The van der Waals surface area contributed by atoms with Crippen molar-refractivity contribution in [2.24, 2.45) is 0 Å². The molecule has 4 heteroatoms. The topological polar surface area (TPSA) is 39.7 Å². The minimum Gasteiger partial charge on any atom is -0.490 e. The minimum atomic E-state index is 0.250. The van der Waals surface area contributed by atoms with Gasteiger partial charge in [-0.3, -0.25) is 0 Å². The summed E-state index contributed by atoms with van der Waals surface area (Å²) in [5, 5.41) is 3.29. The highest BCUT2D eigenvalue weighted by molar-refractivity contribution is 5.46. The molecule has 1 aromatic carbocycles. The Kier molecular flexibility index (Phi) is 7.22. The van der Waals surface area contributed by atoms with Crippen LogP contribution in [0, 0.1) is 0 Å². The molecule has 0 aliphatic rings. The first-order valence-electron chi connectivity index (χ1n) is 6.49. The predicted molar refractivity (Wildman–Crippen MR) is 72.1 cm³/mol. The summed E-state index contributed by atoms with van der Waals surface area (Å²) in [7, 11) is 0. The molecular weight excluding hydrogens is 230 g/mol. The van der Waals surface area contributed by atoms with E-state index < -0.39 is 0 Å². The summed E-state index contributed by atoms with van der Waals surface area (Å²) in [6.07, 6.45) is 0. The fourth-order valence-electron chi connectivity index (χ4n) is 1.58. The molecule has 0 radical (unpaired) electrons. The number of rotatable bonds is 9. The van der Waals surface area contributed by atoms with E-state index in [1.165, 1.54) is 0 Å². The smallest absolute Gasteiger partial charge is 0.189 e. The van der Waals surface area contributed by atoms with E-state index in [1.54, 1.807) is 0 Å². The van der Waals surface area contributed by atoms with Crippen molar-refractivity contribution in [3.63, 3.8) is 0 Å². The van der Waals surface area contributed by atoms with E-state index in [0.717, 1.165) is 30.2 Å². The number of benzene rings is 1. The van der Waals surface area contributed by atoms with Crippen LogP contribution in [0.2, 0.25) is 0 Å². The van der Waals surface area contributed by atoms with Gasteiger partial charge >= 0.3 is 0 Å². The molecule has 4 nitrogen and oxygen atoms in total. The van der Waals surface area contributed by atoms with E-state index in [-0.39, 0.29) is 6.79 Å². The molecule has 0 heterocycles. The Labute approximate surface area is 109 Å². The molecule has 0 fully saturated rings. The van der Waals surface area contributed by atoms with Gasteiger partial charge in [0.1, 0.15) is 0 Å². The zero-order chi connectivity index (χ0) is 13.2. The molecule has 0 amide bonds. The Hall–Kier alpha value is -1.26. The lowest BCUT2D eigenvalue weighted by molar-refractivity contribution is 0.0199. The number of hydrogen-bond acceptors (Lipinski definition) is 4. The Bertz CT molecular complexity index is 342. The van der Waals surface area contributed by atoms with E-state index in [1.807, 2.05) is 32.0 Å². The third-order valence-corrected chi connectivity index (χ3v) is 2.42. The summed E-state index contributed by atoms with van der Waals surface area (Å²) in [5.74, 6) is 1.54. The summed E-state index contributed by atoms with van der Waals surface area (Å²) >= 11 is 0. The van der Waals surface area contributed by atoms with Crippen molar-refractivity contribution in [3.8, 4) is 11.5 Å². The monoisotopic (exact) mass is 253 g/mol. The van der Waals surface area contributed by atoms with Gasteiger partial charge in [0.25, 0.3) is 0 Å². The van der Waals surface area contributed by atoms with Gasteiger partial charge < -0.3 is 19.5 Å². The highest BCUT2D eigenvalue weighted by atomic mass is 16.7. The molecule has 0 aliphatic heterocycles. The molecule has 18 heavy (non-hydrogen) atoms. The van der Waals surface area contributed by atoms with Crippen LogP contribution < -0.4 is 14.8 Å². The lowest BCUT2D eigenvalue weighted by Crippen LogP contribution is -2.14. The van der Waals surface area contributed by atoms with Crippen LogP contribution in [0.15, 0.2) is 18.2 Å². The van der Waals surface area contributed by atoms with Crippen molar-refractivity contribution in [2.75, 3.05) is 26.6 Å². The summed E-state index contributed by atoms with van der Waals surface area (Å²) < 4.78 is 16.5. The molecule has 0 saturated heterocycles. The molecule has 102 valence electrons. The Morgan fingerprint density at radius 1 is 1.06 bits per heavy atom.